The third-order valence-electron chi connectivity index (χ3n) is 3.91. The van der Waals surface area contributed by atoms with Crippen LogP contribution in [-0.2, 0) is 12.0 Å². The van der Waals surface area contributed by atoms with Crippen LogP contribution in [0.3, 0.4) is 0 Å². The van der Waals surface area contributed by atoms with Crippen molar-refractivity contribution in [2.45, 2.75) is 52.1 Å². The van der Waals surface area contributed by atoms with E-state index in [9.17, 15) is 4.79 Å². The van der Waals surface area contributed by atoms with Crippen molar-refractivity contribution in [3.05, 3.63) is 69.6 Å². The van der Waals surface area contributed by atoms with E-state index in [2.05, 4.69) is 33.8 Å². The van der Waals surface area contributed by atoms with Crippen molar-refractivity contribution in [1.29, 1.82) is 0 Å². The van der Waals surface area contributed by atoms with Crippen molar-refractivity contribution < 1.29 is 0 Å². The molecule has 3 heteroatoms. The maximum absolute atomic E-state index is 12.9. The quantitative estimate of drug-likeness (QED) is 0.937. The van der Waals surface area contributed by atoms with E-state index in [0.29, 0.717) is 5.56 Å². The van der Waals surface area contributed by atoms with Crippen LogP contribution in [-0.4, -0.2) is 4.57 Å². The molecule has 3 nitrogen and oxygen atoms in total. The summed E-state index contributed by atoms with van der Waals surface area (Å²) in [7, 11) is 0. The second-order valence-corrected chi connectivity index (χ2v) is 6.77. The van der Waals surface area contributed by atoms with Gasteiger partial charge >= 0.3 is 0 Å². The second-order valence-electron chi connectivity index (χ2n) is 6.77. The summed E-state index contributed by atoms with van der Waals surface area (Å²) in [5.41, 5.74) is 8.98. The van der Waals surface area contributed by atoms with Crippen molar-refractivity contribution >= 4 is 0 Å². The Bertz CT molecular complexity index is 681. The van der Waals surface area contributed by atoms with Crippen LogP contribution in [0.1, 0.15) is 57.0 Å². The average molecular weight is 298 g/mol. The molecule has 0 fully saturated rings. The average Bonchev–Trinajstić information content (AvgIpc) is 2.48. The first kappa shape index (κ1) is 16.5. The third kappa shape index (κ3) is 3.30. The van der Waals surface area contributed by atoms with Gasteiger partial charge in [-0.05, 0) is 24.1 Å². The number of hydrogen-bond acceptors (Lipinski definition) is 2. The van der Waals surface area contributed by atoms with Crippen molar-refractivity contribution in [3.63, 3.8) is 0 Å². The lowest BCUT2D eigenvalue weighted by Gasteiger charge is -2.25. The molecule has 2 aromatic rings. The van der Waals surface area contributed by atoms with Crippen LogP contribution in [0.4, 0.5) is 0 Å². The number of hydrogen-bond donors (Lipinski definition) is 1. The molecule has 0 radical (unpaired) electrons. The first-order chi connectivity index (χ1) is 10.4. The lowest BCUT2D eigenvalue weighted by Crippen LogP contribution is -2.34. The molecule has 1 aromatic carbocycles. The van der Waals surface area contributed by atoms with Crippen molar-refractivity contribution in [1.82, 2.24) is 4.57 Å². The maximum atomic E-state index is 12.9. The zero-order chi connectivity index (χ0) is 16.3. The fourth-order valence-electron chi connectivity index (χ4n) is 2.77. The summed E-state index contributed by atoms with van der Waals surface area (Å²) in [5.74, 6) is 0. The monoisotopic (exact) mass is 298 g/mol. The SMILES string of the molecule is CCCn1c(C(C)(C)C)ccc(C(N)c2ccccc2)c1=O. The largest absolute Gasteiger partial charge is 0.320 e. The molecule has 0 saturated carbocycles. The van der Waals surface area contributed by atoms with Crippen LogP contribution < -0.4 is 11.3 Å². The minimum Gasteiger partial charge on any atom is -0.320 e. The molecular formula is C19H26N2O. The Morgan fingerprint density at radius 3 is 2.27 bits per heavy atom. The van der Waals surface area contributed by atoms with E-state index in [-0.39, 0.29) is 17.0 Å². The molecule has 22 heavy (non-hydrogen) atoms. The van der Waals surface area contributed by atoms with E-state index in [0.717, 1.165) is 24.2 Å². The Hall–Kier alpha value is -1.87. The van der Waals surface area contributed by atoms with Gasteiger partial charge in [-0.2, -0.15) is 0 Å². The van der Waals surface area contributed by atoms with Crippen LogP contribution in [0, 0.1) is 0 Å². The molecule has 0 saturated heterocycles. The summed E-state index contributed by atoms with van der Waals surface area (Å²) in [6.45, 7) is 9.20. The summed E-state index contributed by atoms with van der Waals surface area (Å²) in [6, 6.07) is 13.3. The van der Waals surface area contributed by atoms with Gasteiger partial charge in [-0.3, -0.25) is 4.79 Å². The van der Waals surface area contributed by atoms with Crippen molar-refractivity contribution in [2.75, 3.05) is 0 Å². The molecule has 1 aromatic heterocycles. The number of rotatable bonds is 4. The van der Waals surface area contributed by atoms with Crippen LogP contribution >= 0.6 is 0 Å². The predicted molar refractivity (Wildman–Crippen MR) is 92.2 cm³/mol. The first-order valence-corrected chi connectivity index (χ1v) is 7.91. The highest BCUT2D eigenvalue weighted by Crippen LogP contribution is 2.23. The number of nitrogens with two attached hydrogens (primary N) is 1. The molecule has 0 amide bonds. The molecule has 118 valence electrons. The van der Waals surface area contributed by atoms with Gasteiger partial charge in [0.1, 0.15) is 0 Å². The zero-order valence-corrected chi connectivity index (χ0v) is 14.0. The minimum atomic E-state index is -0.383. The smallest absolute Gasteiger partial charge is 0.255 e. The third-order valence-corrected chi connectivity index (χ3v) is 3.91. The van der Waals surface area contributed by atoms with Crippen molar-refractivity contribution in [2.24, 2.45) is 5.73 Å². The molecule has 0 bridgehead atoms. The summed E-state index contributed by atoms with van der Waals surface area (Å²) in [4.78, 5) is 12.9. The van der Waals surface area contributed by atoms with Gasteiger partial charge in [0.2, 0.25) is 0 Å². The Morgan fingerprint density at radius 2 is 1.73 bits per heavy atom. The van der Waals surface area contributed by atoms with Gasteiger partial charge in [0.25, 0.3) is 5.56 Å². The van der Waals surface area contributed by atoms with Crippen LogP contribution in [0.5, 0.6) is 0 Å². The van der Waals surface area contributed by atoms with E-state index in [4.69, 9.17) is 5.73 Å². The highest BCUT2D eigenvalue weighted by atomic mass is 16.1. The number of pyridine rings is 1. The number of nitrogens with zero attached hydrogens (tertiary/aromatic N) is 1. The molecule has 0 aliphatic heterocycles. The highest BCUT2D eigenvalue weighted by Gasteiger charge is 2.22. The van der Waals surface area contributed by atoms with Crippen LogP contribution in [0.25, 0.3) is 0 Å². The summed E-state index contributed by atoms with van der Waals surface area (Å²) in [5, 5.41) is 0. The number of aromatic nitrogens is 1. The Labute approximate surface area is 132 Å². The van der Waals surface area contributed by atoms with Gasteiger partial charge in [-0.15, -0.1) is 0 Å². The van der Waals surface area contributed by atoms with E-state index in [1.54, 1.807) is 0 Å². The van der Waals surface area contributed by atoms with Crippen LogP contribution in [0.2, 0.25) is 0 Å². The van der Waals surface area contributed by atoms with E-state index < -0.39 is 0 Å². The predicted octanol–water partition coefficient (Wildman–Crippen LogP) is 3.60. The highest BCUT2D eigenvalue weighted by molar-refractivity contribution is 5.32. The molecule has 2 N–H and O–H groups in total. The number of benzene rings is 1. The molecule has 0 aliphatic carbocycles. The molecule has 0 spiro atoms. The van der Waals surface area contributed by atoms with Gasteiger partial charge in [0.15, 0.2) is 0 Å². The lowest BCUT2D eigenvalue weighted by atomic mass is 9.90. The molecular weight excluding hydrogens is 272 g/mol. The normalized spacial score (nSPS) is 13.1. The fraction of sp³-hybridized carbons (Fsp3) is 0.421. The molecule has 0 aliphatic rings. The zero-order valence-electron chi connectivity index (χ0n) is 14.0. The summed E-state index contributed by atoms with van der Waals surface area (Å²) < 4.78 is 1.89. The molecule has 1 atom stereocenters. The topological polar surface area (TPSA) is 48.0 Å². The van der Waals surface area contributed by atoms with Gasteiger partial charge in [-0.1, -0.05) is 58.0 Å². The Balaban J connectivity index is 2.55. The molecule has 1 unspecified atom stereocenters. The van der Waals surface area contributed by atoms with Gasteiger partial charge in [0.05, 0.1) is 6.04 Å². The van der Waals surface area contributed by atoms with Gasteiger partial charge in [0, 0.05) is 23.2 Å². The molecule has 1 heterocycles. The standard InChI is InChI=1S/C19H26N2O/c1-5-13-21-16(19(2,3)4)12-11-15(18(21)22)17(20)14-9-7-6-8-10-14/h6-12,17H,5,13,20H2,1-4H3. The fourth-order valence-corrected chi connectivity index (χ4v) is 2.77. The molecule has 2 rings (SSSR count). The van der Waals surface area contributed by atoms with E-state index >= 15 is 0 Å². The second kappa shape index (κ2) is 6.49. The Morgan fingerprint density at radius 1 is 1.09 bits per heavy atom. The van der Waals surface area contributed by atoms with Gasteiger partial charge in [-0.25, -0.2) is 0 Å². The minimum absolute atomic E-state index is 0.0330. The Kier molecular flexibility index (Phi) is 4.87. The van der Waals surface area contributed by atoms with Crippen molar-refractivity contribution in [3.8, 4) is 0 Å². The summed E-state index contributed by atoms with van der Waals surface area (Å²) in [6.07, 6.45) is 0.924. The van der Waals surface area contributed by atoms with E-state index in [1.807, 2.05) is 41.0 Å². The first-order valence-electron chi connectivity index (χ1n) is 7.91. The summed E-state index contributed by atoms with van der Waals surface area (Å²) >= 11 is 0. The van der Waals surface area contributed by atoms with Crippen LogP contribution in [0.15, 0.2) is 47.3 Å². The maximum Gasteiger partial charge on any atom is 0.255 e. The van der Waals surface area contributed by atoms with Gasteiger partial charge < -0.3 is 10.3 Å². The lowest BCUT2D eigenvalue weighted by molar-refractivity contribution is 0.494. The van der Waals surface area contributed by atoms with E-state index in [1.165, 1.54) is 0 Å².